The van der Waals surface area contributed by atoms with Crippen molar-refractivity contribution in [3.8, 4) is 0 Å². The second-order valence-corrected chi connectivity index (χ2v) is 4.23. The molecule has 2 nitrogen and oxygen atoms in total. The number of aromatic nitrogens is 2. The van der Waals surface area contributed by atoms with E-state index in [-0.39, 0.29) is 0 Å². The van der Waals surface area contributed by atoms with Crippen LogP contribution in [0.2, 0.25) is 0 Å². The minimum atomic E-state index is -2.56. The summed E-state index contributed by atoms with van der Waals surface area (Å²) in [7, 11) is 0. The molecular formula is C12H14F2N2. The van der Waals surface area contributed by atoms with Gasteiger partial charge in [-0.05, 0) is 24.8 Å². The summed E-state index contributed by atoms with van der Waals surface area (Å²) in [6.07, 6.45) is 7.92. The normalized spacial score (nSPS) is 20.9. The number of allylic oxidation sites excluding steroid dienone is 4. The molecule has 1 aliphatic carbocycles. The predicted molar refractivity (Wildman–Crippen MR) is 59.0 cm³/mol. The van der Waals surface area contributed by atoms with E-state index in [1.54, 1.807) is 0 Å². The molecular weight excluding hydrogens is 210 g/mol. The molecule has 0 aromatic carbocycles. The zero-order valence-corrected chi connectivity index (χ0v) is 9.32. The van der Waals surface area contributed by atoms with Gasteiger partial charge >= 0.3 is 6.55 Å². The van der Waals surface area contributed by atoms with Crippen LogP contribution in [-0.2, 0) is 0 Å². The van der Waals surface area contributed by atoms with Crippen molar-refractivity contribution in [2.45, 2.75) is 26.8 Å². The van der Waals surface area contributed by atoms with Crippen LogP contribution in [-0.4, -0.2) is 9.78 Å². The van der Waals surface area contributed by atoms with E-state index in [1.165, 1.54) is 18.0 Å². The molecule has 2 rings (SSSR count). The summed E-state index contributed by atoms with van der Waals surface area (Å²) in [6.45, 7) is 1.61. The fourth-order valence-corrected chi connectivity index (χ4v) is 2.03. The lowest BCUT2D eigenvalue weighted by atomic mass is 9.86. The lowest BCUT2D eigenvalue weighted by Gasteiger charge is -2.18. The molecule has 0 aliphatic heterocycles. The molecule has 1 heterocycles. The van der Waals surface area contributed by atoms with Gasteiger partial charge in [-0.1, -0.05) is 24.6 Å². The number of nitrogens with zero attached hydrogens (tertiary/aromatic N) is 2. The van der Waals surface area contributed by atoms with Crippen molar-refractivity contribution in [2.75, 3.05) is 0 Å². The first kappa shape index (κ1) is 11.0. The Bertz CT molecular complexity index is 444. The van der Waals surface area contributed by atoms with Crippen LogP contribution in [0.15, 0.2) is 30.1 Å². The molecule has 4 heteroatoms. The van der Waals surface area contributed by atoms with Crippen LogP contribution in [0, 0.1) is 5.92 Å². The first-order chi connectivity index (χ1) is 7.58. The van der Waals surface area contributed by atoms with Gasteiger partial charge in [-0.3, -0.25) is 0 Å². The van der Waals surface area contributed by atoms with Crippen molar-refractivity contribution in [1.82, 2.24) is 9.78 Å². The highest BCUT2D eigenvalue weighted by Crippen LogP contribution is 2.32. The van der Waals surface area contributed by atoms with Crippen molar-refractivity contribution in [2.24, 2.45) is 5.92 Å². The molecule has 1 aromatic rings. The summed E-state index contributed by atoms with van der Waals surface area (Å²) in [4.78, 5) is 0. The zero-order valence-electron chi connectivity index (χ0n) is 9.32. The molecule has 1 aliphatic rings. The van der Waals surface area contributed by atoms with E-state index in [2.05, 4.69) is 18.9 Å². The summed E-state index contributed by atoms with van der Waals surface area (Å²) in [5.74, 6) is 0.361. The van der Waals surface area contributed by atoms with Gasteiger partial charge in [0.05, 0.1) is 6.20 Å². The molecule has 1 atom stereocenters. The molecule has 1 aromatic heterocycles. The van der Waals surface area contributed by atoms with Gasteiger partial charge in [0, 0.05) is 11.8 Å². The van der Waals surface area contributed by atoms with Crippen molar-refractivity contribution in [1.29, 1.82) is 0 Å². The van der Waals surface area contributed by atoms with E-state index < -0.39 is 6.55 Å². The van der Waals surface area contributed by atoms with Crippen molar-refractivity contribution in [3.05, 3.63) is 35.7 Å². The topological polar surface area (TPSA) is 17.8 Å². The summed E-state index contributed by atoms with van der Waals surface area (Å²) < 4.78 is 25.4. The Kier molecular flexibility index (Phi) is 2.90. The van der Waals surface area contributed by atoms with E-state index in [0.29, 0.717) is 10.6 Å². The minimum Gasteiger partial charge on any atom is -0.211 e. The number of rotatable bonds is 2. The lowest BCUT2D eigenvalue weighted by Crippen LogP contribution is -2.03. The maximum absolute atomic E-state index is 12.4. The quantitative estimate of drug-likeness (QED) is 0.749. The first-order valence-electron chi connectivity index (χ1n) is 5.28. The van der Waals surface area contributed by atoms with Crippen LogP contribution < -0.4 is 0 Å². The van der Waals surface area contributed by atoms with E-state index in [9.17, 15) is 8.78 Å². The molecule has 0 saturated heterocycles. The largest absolute Gasteiger partial charge is 0.333 e. The van der Waals surface area contributed by atoms with E-state index in [0.717, 1.165) is 17.6 Å². The highest BCUT2D eigenvalue weighted by molar-refractivity contribution is 5.69. The molecule has 0 fully saturated rings. The molecule has 0 saturated carbocycles. The fourth-order valence-electron chi connectivity index (χ4n) is 2.03. The number of halogens is 2. The Morgan fingerprint density at radius 2 is 2.19 bits per heavy atom. The highest BCUT2D eigenvalue weighted by Gasteiger charge is 2.17. The van der Waals surface area contributed by atoms with Gasteiger partial charge in [-0.15, -0.1) is 0 Å². The number of hydrogen-bond acceptors (Lipinski definition) is 1. The van der Waals surface area contributed by atoms with Gasteiger partial charge in [0.25, 0.3) is 0 Å². The van der Waals surface area contributed by atoms with Gasteiger partial charge < -0.3 is 0 Å². The standard InChI is InChI=1S/C12H14F2N2/c1-8-3-4-11(9(2)5-8)10-6-15-16(7-10)12(13)14/h3-4,6-7,9,12H,5H2,1-2H3. The summed E-state index contributed by atoms with van der Waals surface area (Å²) >= 11 is 0. The molecule has 1 unspecified atom stereocenters. The van der Waals surface area contributed by atoms with Gasteiger partial charge in [0.1, 0.15) is 0 Å². The van der Waals surface area contributed by atoms with Crippen LogP contribution in [0.1, 0.15) is 32.4 Å². The molecule has 86 valence electrons. The second-order valence-electron chi connectivity index (χ2n) is 4.23. The molecule has 16 heavy (non-hydrogen) atoms. The van der Waals surface area contributed by atoms with Gasteiger partial charge in [-0.25, -0.2) is 4.68 Å². The third-order valence-corrected chi connectivity index (χ3v) is 2.84. The second kappa shape index (κ2) is 4.20. The molecule has 0 bridgehead atoms. The van der Waals surface area contributed by atoms with Crippen LogP contribution in [0.5, 0.6) is 0 Å². The van der Waals surface area contributed by atoms with Gasteiger partial charge in [0.15, 0.2) is 0 Å². The third-order valence-electron chi connectivity index (χ3n) is 2.84. The van der Waals surface area contributed by atoms with Crippen molar-refractivity contribution in [3.63, 3.8) is 0 Å². The molecule has 0 N–H and O–H groups in total. The van der Waals surface area contributed by atoms with Crippen LogP contribution in [0.3, 0.4) is 0 Å². The molecule has 0 radical (unpaired) electrons. The van der Waals surface area contributed by atoms with E-state index >= 15 is 0 Å². The van der Waals surface area contributed by atoms with Gasteiger partial charge in [0.2, 0.25) is 0 Å². The highest BCUT2D eigenvalue weighted by atomic mass is 19.3. The van der Waals surface area contributed by atoms with Crippen molar-refractivity contribution < 1.29 is 8.78 Å². The zero-order chi connectivity index (χ0) is 11.7. The third kappa shape index (κ3) is 2.05. The maximum Gasteiger partial charge on any atom is 0.333 e. The Hall–Kier alpha value is -1.45. The Morgan fingerprint density at radius 1 is 1.44 bits per heavy atom. The first-order valence-corrected chi connectivity index (χ1v) is 5.28. The molecule has 0 spiro atoms. The smallest absolute Gasteiger partial charge is 0.211 e. The Labute approximate surface area is 93.3 Å². The average molecular weight is 224 g/mol. The van der Waals surface area contributed by atoms with Crippen molar-refractivity contribution >= 4 is 5.57 Å². The lowest BCUT2D eigenvalue weighted by molar-refractivity contribution is 0.0566. The summed E-state index contributed by atoms with van der Waals surface area (Å²) in [5.41, 5.74) is 3.19. The van der Waals surface area contributed by atoms with Crippen LogP contribution >= 0.6 is 0 Å². The predicted octanol–water partition coefficient (Wildman–Crippen LogP) is 3.65. The maximum atomic E-state index is 12.4. The summed E-state index contributed by atoms with van der Waals surface area (Å²) in [5, 5.41) is 3.65. The Balaban J connectivity index is 2.30. The van der Waals surface area contributed by atoms with Gasteiger partial charge in [-0.2, -0.15) is 13.9 Å². The minimum absolute atomic E-state index is 0.361. The monoisotopic (exact) mass is 224 g/mol. The SMILES string of the molecule is CC1=CC=C(c2cnn(C(F)F)c2)C(C)C1. The van der Waals surface area contributed by atoms with Crippen LogP contribution in [0.4, 0.5) is 8.78 Å². The van der Waals surface area contributed by atoms with E-state index in [1.807, 2.05) is 12.2 Å². The summed E-state index contributed by atoms with van der Waals surface area (Å²) in [6, 6.07) is 0. The van der Waals surface area contributed by atoms with E-state index in [4.69, 9.17) is 0 Å². The average Bonchev–Trinajstić information content (AvgIpc) is 2.66. The number of hydrogen-bond donors (Lipinski definition) is 0. The molecule has 0 amide bonds. The van der Waals surface area contributed by atoms with Crippen LogP contribution in [0.25, 0.3) is 5.57 Å². The Morgan fingerprint density at radius 3 is 2.75 bits per heavy atom. The fraction of sp³-hybridized carbons (Fsp3) is 0.417. The number of alkyl halides is 2.